The number of carbonyl (C=O) groups is 6. The number of rotatable bonds is 23. The fourth-order valence-electron chi connectivity index (χ4n) is 8.24. The molecule has 0 aliphatic carbocycles. The van der Waals surface area contributed by atoms with E-state index in [2.05, 4.69) is 26.2 Å². The number of anilines is 3. The molecular formula is C48H54F3N9O12S3. The van der Waals surface area contributed by atoms with E-state index in [4.69, 9.17) is 15.2 Å². The largest absolute Gasteiger partial charge is 0.501 e. The first kappa shape index (κ1) is 56.0. The van der Waals surface area contributed by atoms with Crippen LogP contribution in [-0.4, -0.2) is 163 Å². The van der Waals surface area contributed by atoms with Gasteiger partial charge in [0.05, 0.1) is 48.1 Å². The Balaban J connectivity index is 0.846. The van der Waals surface area contributed by atoms with Crippen LogP contribution in [0, 0.1) is 0 Å². The van der Waals surface area contributed by atoms with Crippen molar-refractivity contribution in [1.29, 1.82) is 0 Å². The van der Waals surface area contributed by atoms with Crippen LogP contribution < -0.4 is 31.7 Å². The van der Waals surface area contributed by atoms with Crippen molar-refractivity contribution in [3.8, 4) is 0 Å². The molecule has 27 heteroatoms. The smallest absolute Gasteiger partial charge is 0.399 e. The van der Waals surface area contributed by atoms with Gasteiger partial charge in [-0.05, 0) is 79.6 Å². The minimum absolute atomic E-state index is 0.0133. The quantitative estimate of drug-likeness (QED) is 0.0268. The van der Waals surface area contributed by atoms with Crippen LogP contribution in [0.2, 0.25) is 0 Å². The first-order chi connectivity index (χ1) is 35.7. The second-order valence-electron chi connectivity index (χ2n) is 17.3. The molecular weight excluding hydrogens is 1050 g/mol. The number of ether oxygens (including phenoxy) is 2. The average Bonchev–Trinajstić information content (AvgIpc) is 3.63. The Labute approximate surface area is 434 Å². The molecule has 4 aromatic carbocycles. The molecule has 3 heterocycles. The van der Waals surface area contributed by atoms with Crippen molar-refractivity contribution >= 4 is 84.3 Å². The maximum atomic E-state index is 14.2. The van der Waals surface area contributed by atoms with Gasteiger partial charge in [0, 0.05) is 85.9 Å². The number of nitrogens with one attached hydrogen (secondary N) is 5. The molecule has 7 N–H and O–H groups in total. The predicted octanol–water partition coefficient (Wildman–Crippen LogP) is 3.52. The average molecular weight is 1100 g/mol. The van der Waals surface area contributed by atoms with Gasteiger partial charge in [0.15, 0.2) is 0 Å². The molecule has 3 aliphatic rings. The zero-order chi connectivity index (χ0) is 53.9. The van der Waals surface area contributed by atoms with E-state index < -0.39 is 82.5 Å². The van der Waals surface area contributed by atoms with Gasteiger partial charge in [-0.15, -0.1) is 11.8 Å². The Morgan fingerprint density at radius 1 is 0.813 bits per heavy atom. The van der Waals surface area contributed by atoms with Gasteiger partial charge in [0.1, 0.15) is 10.9 Å². The normalized spacial score (nSPS) is 16.8. The highest BCUT2D eigenvalue weighted by molar-refractivity contribution is 7.99. The molecule has 0 radical (unpaired) electrons. The summed E-state index contributed by atoms with van der Waals surface area (Å²) in [6.45, 7) is 3.41. The van der Waals surface area contributed by atoms with E-state index in [0.717, 1.165) is 21.9 Å². The zero-order valence-electron chi connectivity index (χ0n) is 40.1. The molecule has 3 aliphatic heterocycles. The molecule has 2 saturated heterocycles. The van der Waals surface area contributed by atoms with Gasteiger partial charge in [0.25, 0.3) is 37.6 Å². The van der Waals surface area contributed by atoms with Crippen molar-refractivity contribution in [3.63, 3.8) is 0 Å². The number of sulfone groups is 1. The van der Waals surface area contributed by atoms with Crippen LogP contribution in [-0.2, 0) is 38.9 Å². The number of nitrogens with zero attached hydrogens (tertiary/aromatic N) is 3. The van der Waals surface area contributed by atoms with Crippen LogP contribution in [0.5, 0.6) is 0 Å². The first-order valence-electron chi connectivity index (χ1n) is 23.5. The number of thioether (sulfide) groups is 1. The van der Waals surface area contributed by atoms with Crippen LogP contribution in [0.25, 0.3) is 0 Å². The van der Waals surface area contributed by atoms with E-state index in [9.17, 15) is 58.8 Å². The van der Waals surface area contributed by atoms with Gasteiger partial charge in [-0.25, -0.2) is 26.4 Å². The molecule has 0 aromatic heterocycles. The van der Waals surface area contributed by atoms with Crippen LogP contribution in [0.1, 0.15) is 50.3 Å². The van der Waals surface area contributed by atoms with Gasteiger partial charge in [-0.3, -0.25) is 39.1 Å². The monoisotopic (exact) mass is 1100 g/mol. The topological polar surface area (TPSA) is 285 Å². The molecule has 0 bridgehead atoms. The minimum atomic E-state index is -6.13. The maximum absolute atomic E-state index is 14.2. The van der Waals surface area contributed by atoms with Crippen LogP contribution in [0.4, 0.5) is 35.0 Å². The van der Waals surface area contributed by atoms with E-state index in [-0.39, 0.29) is 86.5 Å². The number of nitrogens with two attached hydrogens (primary N) is 1. The number of hydrogen-bond acceptors (Lipinski definition) is 17. The number of imide groups is 2. The standard InChI is InChI=1S/C48H54F3N9O12S3/c49-48(50,51)74(67,68)40-29-35(75(69,70)57-43(62)31-9-11-32(52)12-10-31)13-14-37(40)55-33(30-73-34-5-2-1-3-6-34)17-20-58-21-23-59(24-22-58)47(66)54-19-26-72-28-27-71-25-18-53-38-8-4-7-36-42(38)46(65)60(45(36)64)39-15-16-41(61)56-44(39)63/h1-14,29,33,39,53,55H,15-28,30,52H2,(H,54,66)(H,57,62)(H,56,61,63)/t33-,39?/m1/s1. The third-order valence-electron chi connectivity index (χ3n) is 12.2. The number of benzene rings is 4. The summed E-state index contributed by atoms with van der Waals surface area (Å²) in [5.41, 5.74) is 0.193. The summed E-state index contributed by atoms with van der Waals surface area (Å²) < 4.78 is 108. The fraction of sp³-hybridized carbons (Fsp3) is 0.375. The number of nitrogen functional groups attached to an aromatic ring is 1. The van der Waals surface area contributed by atoms with E-state index >= 15 is 0 Å². The second-order valence-corrected chi connectivity index (χ2v) is 22.0. The number of fused-ring (bicyclic) bond motifs is 1. The molecule has 0 spiro atoms. The van der Waals surface area contributed by atoms with Crippen molar-refractivity contribution in [3.05, 3.63) is 108 Å². The maximum Gasteiger partial charge on any atom is 0.501 e. The highest BCUT2D eigenvalue weighted by Gasteiger charge is 2.49. The summed E-state index contributed by atoms with van der Waals surface area (Å²) in [4.78, 5) is 79.3. The Hall–Kier alpha value is -6.78. The van der Waals surface area contributed by atoms with E-state index in [1.807, 2.05) is 30.3 Å². The summed E-state index contributed by atoms with van der Waals surface area (Å²) in [5.74, 6) is -3.24. The molecule has 0 saturated carbocycles. The minimum Gasteiger partial charge on any atom is -0.399 e. The molecule has 4 aromatic rings. The van der Waals surface area contributed by atoms with E-state index in [1.54, 1.807) is 21.8 Å². The number of hydrogen-bond donors (Lipinski definition) is 6. The SMILES string of the molecule is Nc1ccc(C(=O)NS(=O)(=O)c2ccc(N[C@H](CCN3CCN(C(=O)NCCOCCOCCNc4cccc5c4C(=O)N(C4CCC(=O)NC4=O)C5=O)CC3)CSc3ccccc3)c(S(=O)(=O)C(F)(F)F)c2)cc1. The highest BCUT2D eigenvalue weighted by Crippen LogP contribution is 2.37. The van der Waals surface area contributed by atoms with Gasteiger partial charge in [-0.2, -0.15) is 13.2 Å². The van der Waals surface area contributed by atoms with Gasteiger partial charge >= 0.3 is 11.5 Å². The number of sulfonamides is 1. The summed E-state index contributed by atoms with van der Waals surface area (Å²) in [5, 5.41) is 11.0. The lowest BCUT2D eigenvalue weighted by Gasteiger charge is -2.35. The lowest BCUT2D eigenvalue weighted by atomic mass is 10.0. The molecule has 2 fully saturated rings. The second kappa shape index (κ2) is 24.7. The first-order valence-corrected chi connectivity index (χ1v) is 27.5. The van der Waals surface area contributed by atoms with E-state index in [1.165, 1.54) is 42.1 Å². The van der Waals surface area contributed by atoms with Gasteiger partial charge in [-0.1, -0.05) is 24.3 Å². The predicted molar refractivity (Wildman–Crippen MR) is 269 cm³/mol. The number of alkyl halides is 3. The lowest BCUT2D eigenvalue weighted by Crippen LogP contribution is -2.54. The zero-order valence-corrected chi connectivity index (χ0v) is 42.5. The van der Waals surface area contributed by atoms with E-state index in [0.29, 0.717) is 50.9 Å². The number of piperazine rings is 1. The van der Waals surface area contributed by atoms with Crippen molar-refractivity contribution < 1.29 is 68.2 Å². The van der Waals surface area contributed by atoms with Gasteiger partial charge < -0.3 is 36.1 Å². The Bertz CT molecular complexity index is 2980. The Morgan fingerprint density at radius 2 is 1.51 bits per heavy atom. The molecule has 21 nitrogen and oxygen atoms in total. The number of carbonyl (C=O) groups excluding carboxylic acids is 6. The molecule has 1 unspecified atom stereocenters. The molecule has 2 atom stereocenters. The van der Waals surface area contributed by atoms with Crippen LogP contribution in [0.3, 0.4) is 0 Å². The van der Waals surface area contributed by atoms with Crippen molar-refractivity contribution in [2.75, 3.05) is 94.4 Å². The third kappa shape index (κ3) is 14.1. The number of urea groups is 1. The van der Waals surface area contributed by atoms with Crippen LogP contribution >= 0.6 is 11.8 Å². The Kier molecular flexibility index (Phi) is 18.4. The molecule has 75 heavy (non-hydrogen) atoms. The van der Waals surface area contributed by atoms with Crippen molar-refractivity contribution in [1.82, 2.24) is 30.1 Å². The molecule has 7 amide bonds. The summed E-state index contributed by atoms with van der Waals surface area (Å²) in [7, 11) is -11.0. The van der Waals surface area contributed by atoms with Crippen LogP contribution in [0.15, 0.2) is 106 Å². The third-order valence-corrected chi connectivity index (χ3v) is 16.2. The summed E-state index contributed by atoms with van der Waals surface area (Å²) >= 11 is 1.37. The summed E-state index contributed by atoms with van der Waals surface area (Å²) in [6.07, 6.45) is 0.364. The lowest BCUT2D eigenvalue weighted by molar-refractivity contribution is -0.136. The highest BCUT2D eigenvalue weighted by atomic mass is 32.2. The molecule has 402 valence electrons. The van der Waals surface area contributed by atoms with Crippen molar-refractivity contribution in [2.45, 2.75) is 51.5 Å². The van der Waals surface area contributed by atoms with Gasteiger partial charge in [0.2, 0.25) is 11.8 Å². The fourth-order valence-corrected chi connectivity index (χ4v) is 11.3. The number of piperidine rings is 1. The van der Waals surface area contributed by atoms with Crippen molar-refractivity contribution in [2.24, 2.45) is 0 Å². The number of halogens is 3. The molecule has 7 rings (SSSR count). The summed E-state index contributed by atoms with van der Waals surface area (Å²) in [6, 6.07) is 19.2. The Morgan fingerprint density at radius 3 is 2.19 bits per heavy atom. The number of amides is 7.